The summed E-state index contributed by atoms with van der Waals surface area (Å²) in [7, 11) is 0. The van der Waals surface area contributed by atoms with Crippen LogP contribution in [0, 0.1) is 5.92 Å². The smallest absolute Gasteiger partial charge is 0.136 e. The average Bonchev–Trinajstić information content (AvgIpc) is 2.69. The van der Waals surface area contributed by atoms with Gasteiger partial charge in [-0.05, 0) is 66.8 Å². The van der Waals surface area contributed by atoms with Crippen LogP contribution in [-0.4, -0.2) is 6.61 Å². The Kier molecular flexibility index (Phi) is 6.34. The van der Waals surface area contributed by atoms with Crippen LogP contribution in [0.5, 0.6) is 5.75 Å². The van der Waals surface area contributed by atoms with Gasteiger partial charge in [-0.15, -0.1) is 0 Å². The van der Waals surface area contributed by atoms with Gasteiger partial charge in [0.1, 0.15) is 11.4 Å². The predicted molar refractivity (Wildman–Crippen MR) is 107 cm³/mol. The lowest BCUT2D eigenvalue weighted by molar-refractivity contribution is 0.0807. The lowest BCUT2D eigenvalue weighted by atomic mass is 9.75. The monoisotopic (exact) mass is 354 g/mol. The van der Waals surface area contributed by atoms with Crippen LogP contribution in [0.1, 0.15) is 64.4 Å². The molecule has 0 heterocycles. The van der Waals surface area contributed by atoms with Gasteiger partial charge >= 0.3 is 0 Å². The van der Waals surface area contributed by atoms with Gasteiger partial charge < -0.3 is 4.74 Å². The molecule has 0 atom stereocenters. The molecule has 1 aliphatic rings. The van der Waals surface area contributed by atoms with E-state index < -0.39 is 5.67 Å². The average molecular weight is 355 g/mol. The van der Waals surface area contributed by atoms with E-state index in [2.05, 4.69) is 38.1 Å². The van der Waals surface area contributed by atoms with Gasteiger partial charge in [0.05, 0.1) is 6.61 Å². The summed E-state index contributed by atoms with van der Waals surface area (Å²) in [5.41, 5.74) is 1.97. The van der Waals surface area contributed by atoms with Gasteiger partial charge in [0.2, 0.25) is 0 Å². The Morgan fingerprint density at radius 3 is 2.04 bits per heavy atom. The van der Waals surface area contributed by atoms with Crippen LogP contribution >= 0.6 is 0 Å². The molecule has 0 aromatic heterocycles. The number of ether oxygens (including phenoxy) is 1. The fraction of sp³-hybridized carbons (Fsp3) is 0.500. The van der Waals surface area contributed by atoms with E-state index in [0.717, 1.165) is 54.7 Å². The molecule has 0 bridgehead atoms. The van der Waals surface area contributed by atoms with Gasteiger partial charge in [0.15, 0.2) is 0 Å². The summed E-state index contributed by atoms with van der Waals surface area (Å²) in [4.78, 5) is 0. The van der Waals surface area contributed by atoms with Crippen molar-refractivity contribution in [2.75, 3.05) is 6.61 Å². The number of hydrogen-bond acceptors (Lipinski definition) is 1. The first-order valence-corrected chi connectivity index (χ1v) is 10.2. The number of hydrogen-bond donors (Lipinski definition) is 0. The molecule has 0 amide bonds. The molecule has 0 N–H and O–H groups in total. The third-order valence-corrected chi connectivity index (χ3v) is 5.83. The topological polar surface area (TPSA) is 9.23 Å². The second-order valence-electron chi connectivity index (χ2n) is 7.62. The first-order valence-electron chi connectivity index (χ1n) is 10.2. The minimum absolute atomic E-state index is 0.661. The normalized spacial score (nSPS) is 23.0. The van der Waals surface area contributed by atoms with Crippen LogP contribution < -0.4 is 4.74 Å². The number of halogens is 1. The Bertz CT molecular complexity index is 666. The first kappa shape index (κ1) is 18.9. The van der Waals surface area contributed by atoms with Crippen LogP contribution in [0.3, 0.4) is 0 Å². The van der Waals surface area contributed by atoms with Crippen molar-refractivity contribution in [1.82, 2.24) is 0 Å². The zero-order valence-electron chi connectivity index (χ0n) is 16.1. The predicted octanol–water partition coefficient (Wildman–Crippen LogP) is 7.30. The van der Waals surface area contributed by atoms with Crippen LogP contribution in [-0.2, 0) is 5.67 Å². The van der Waals surface area contributed by atoms with E-state index in [4.69, 9.17) is 4.74 Å². The minimum atomic E-state index is -1.14. The van der Waals surface area contributed by atoms with E-state index in [1.165, 1.54) is 6.42 Å². The molecule has 0 unspecified atom stereocenters. The summed E-state index contributed by atoms with van der Waals surface area (Å²) < 4.78 is 21.0. The van der Waals surface area contributed by atoms with Crippen LogP contribution in [0.4, 0.5) is 4.39 Å². The highest BCUT2D eigenvalue weighted by Gasteiger charge is 2.36. The van der Waals surface area contributed by atoms with Crippen LogP contribution in [0.15, 0.2) is 48.5 Å². The van der Waals surface area contributed by atoms with E-state index in [0.29, 0.717) is 18.8 Å². The van der Waals surface area contributed by atoms with Gasteiger partial charge in [-0.25, -0.2) is 4.39 Å². The van der Waals surface area contributed by atoms with Gasteiger partial charge in [0.25, 0.3) is 0 Å². The van der Waals surface area contributed by atoms with E-state index in [1.807, 2.05) is 24.3 Å². The third kappa shape index (κ3) is 4.47. The molecule has 0 radical (unpaired) electrons. The molecule has 1 nitrogen and oxygen atoms in total. The van der Waals surface area contributed by atoms with Crippen molar-refractivity contribution in [1.29, 1.82) is 0 Å². The van der Waals surface area contributed by atoms with Crippen molar-refractivity contribution in [2.24, 2.45) is 5.92 Å². The summed E-state index contributed by atoms with van der Waals surface area (Å²) in [6.45, 7) is 5.14. The maximum atomic E-state index is 15.3. The van der Waals surface area contributed by atoms with E-state index in [1.54, 1.807) is 0 Å². The highest BCUT2D eigenvalue weighted by atomic mass is 19.1. The molecule has 1 aliphatic carbocycles. The summed E-state index contributed by atoms with van der Waals surface area (Å²) in [6, 6.07) is 16.2. The number of benzene rings is 2. The lowest BCUT2D eigenvalue weighted by Crippen LogP contribution is -2.27. The molecule has 0 saturated heterocycles. The van der Waals surface area contributed by atoms with Gasteiger partial charge in [-0.3, -0.25) is 0 Å². The van der Waals surface area contributed by atoms with Crippen LogP contribution in [0.25, 0.3) is 11.1 Å². The number of unbranched alkanes of at least 4 members (excludes halogenated alkanes) is 1. The minimum Gasteiger partial charge on any atom is -0.494 e. The Balaban J connectivity index is 1.66. The molecule has 2 heteroatoms. The number of rotatable bonds is 7. The van der Waals surface area contributed by atoms with Crippen LogP contribution in [0.2, 0.25) is 0 Å². The fourth-order valence-electron chi connectivity index (χ4n) is 3.87. The molecule has 26 heavy (non-hydrogen) atoms. The van der Waals surface area contributed by atoms with Crippen molar-refractivity contribution in [3.05, 3.63) is 54.1 Å². The highest BCUT2D eigenvalue weighted by Crippen LogP contribution is 2.43. The van der Waals surface area contributed by atoms with Crippen molar-refractivity contribution in [2.45, 2.75) is 64.5 Å². The SMILES string of the molecule is CCCCOc1ccc(-c2ccc(C3(F)CCC(CC)CC3)cc2)cc1. The van der Waals surface area contributed by atoms with Gasteiger partial charge in [-0.1, -0.05) is 63.1 Å². The van der Waals surface area contributed by atoms with Gasteiger partial charge in [-0.2, -0.15) is 0 Å². The Morgan fingerprint density at radius 1 is 0.923 bits per heavy atom. The molecule has 2 aromatic carbocycles. The summed E-state index contributed by atoms with van der Waals surface area (Å²) >= 11 is 0. The summed E-state index contributed by atoms with van der Waals surface area (Å²) in [6.07, 6.45) is 6.73. The first-order chi connectivity index (χ1) is 12.6. The van der Waals surface area contributed by atoms with Gasteiger partial charge in [0, 0.05) is 0 Å². The van der Waals surface area contributed by atoms with Crippen molar-refractivity contribution >= 4 is 0 Å². The van der Waals surface area contributed by atoms with E-state index in [9.17, 15) is 0 Å². The summed E-state index contributed by atoms with van der Waals surface area (Å²) in [5, 5.41) is 0. The molecule has 3 rings (SSSR count). The molecule has 1 fully saturated rings. The zero-order chi connectivity index (χ0) is 18.4. The standard InChI is InChI=1S/C24H31FO/c1-3-5-18-26-23-12-8-21(9-13-23)20-6-10-22(11-7-20)24(25)16-14-19(4-2)15-17-24/h6-13,19H,3-5,14-18H2,1-2H3. The molecular weight excluding hydrogens is 323 g/mol. The second kappa shape index (κ2) is 8.70. The molecule has 0 aliphatic heterocycles. The molecule has 2 aromatic rings. The largest absolute Gasteiger partial charge is 0.494 e. The maximum absolute atomic E-state index is 15.3. The lowest BCUT2D eigenvalue weighted by Gasteiger charge is -2.34. The van der Waals surface area contributed by atoms with E-state index >= 15 is 4.39 Å². The fourth-order valence-corrected chi connectivity index (χ4v) is 3.87. The van der Waals surface area contributed by atoms with Crippen molar-refractivity contribution < 1.29 is 9.13 Å². The zero-order valence-corrected chi connectivity index (χ0v) is 16.1. The number of alkyl halides is 1. The maximum Gasteiger partial charge on any atom is 0.136 e. The molecule has 0 spiro atoms. The Labute approximate surface area is 157 Å². The quantitative estimate of drug-likeness (QED) is 0.474. The Hall–Kier alpha value is -1.83. The van der Waals surface area contributed by atoms with E-state index in [-0.39, 0.29) is 0 Å². The molecule has 1 saturated carbocycles. The molecule has 140 valence electrons. The third-order valence-electron chi connectivity index (χ3n) is 5.83. The second-order valence-corrected chi connectivity index (χ2v) is 7.62. The highest BCUT2D eigenvalue weighted by molar-refractivity contribution is 5.64. The molecular formula is C24H31FO. The summed E-state index contributed by atoms with van der Waals surface area (Å²) in [5.74, 6) is 1.62. The van der Waals surface area contributed by atoms with Crippen molar-refractivity contribution in [3.63, 3.8) is 0 Å². The van der Waals surface area contributed by atoms with Crippen molar-refractivity contribution in [3.8, 4) is 16.9 Å². The Morgan fingerprint density at radius 2 is 1.50 bits per heavy atom.